The molecule has 2 aliphatic rings. The van der Waals surface area contributed by atoms with Crippen LogP contribution in [0.15, 0.2) is 16.8 Å². The molecule has 1 saturated heterocycles. The highest BCUT2D eigenvalue weighted by Gasteiger charge is 2.39. The maximum Gasteiger partial charge on any atom is 0.314 e. The predicted octanol–water partition coefficient (Wildman–Crippen LogP) is 1.60. The Labute approximate surface area is 128 Å². The number of hydrogen-bond acceptors (Lipinski definition) is 3. The van der Waals surface area contributed by atoms with Crippen LogP contribution in [0, 0.1) is 5.92 Å². The van der Waals surface area contributed by atoms with Crippen LogP contribution in [0.25, 0.3) is 0 Å². The average Bonchev–Trinajstić information content (AvgIpc) is 3.04. The van der Waals surface area contributed by atoms with E-state index in [1.165, 1.54) is 5.56 Å². The van der Waals surface area contributed by atoms with Crippen LogP contribution in [0.3, 0.4) is 0 Å². The number of hydrogen-bond donors (Lipinski definition) is 2. The molecule has 1 atom stereocenters. The Kier molecular flexibility index (Phi) is 4.43. The van der Waals surface area contributed by atoms with E-state index in [2.05, 4.69) is 22.1 Å². The first kappa shape index (κ1) is 14.4. The summed E-state index contributed by atoms with van der Waals surface area (Å²) >= 11 is 1.67. The maximum atomic E-state index is 11.8. The zero-order valence-electron chi connectivity index (χ0n) is 12.0. The first-order valence-corrected chi connectivity index (χ1v) is 8.49. The molecule has 1 aliphatic heterocycles. The standard InChI is InChI=1S/C15H21N3O2S/c19-14-7-12(9-18(14)13-1-2-13)8-17-15(20)16-5-3-11-4-6-21-10-11/h4,6,10,12-13H,1-3,5,7-9H2,(H2,16,17,20)/t12-/m0/s1. The van der Waals surface area contributed by atoms with Crippen molar-refractivity contribution < 1.29 is 9.59 Å². The van der Waals surface area contributed by atoms with Crippen molar-refractivity contribution in [3.63, 3.8) is 0 Å². The number of carbonyl (C=O) groups excluding carboxylic acids is 2. The normalized spacial score (nSPS) is 21.6. The van der Waals surface area contributed by atoms with Crippen LogP contribution in [0.4, 0.5) is 4.79 Å². The van der Waals surface area contributed by atoms with Crippen LogP contribution in [-0.4, -0.2) is 42.5 Å². The van der Waals surface area contributed by atoms with Gasteiger partial charge in [0.2, 0.25) is 5.91 Å². The van der Waals surface area contributed by atoms with Gasteiger partial charge >= 0.3 is 6.03 Å². The fourth-order valence-electron chi connectivity index (χ4n) is 2.74. The first-order valence-electron chi connectivity index (χ1n) is 7.54. The molecule has 2 N–H and O–H groups in total. The lowest BCUT2D eigenvalue weighted by atomic mass is 10.1. The van der Waals surface area contributed by atoms with Gasteiger partial charge in [-0.05, 0) is 41.7 Å². The van der Waals surface area contributed by atoms with Gasteiger partial charge in [0.1, 0.15) is 0 Å². The van der Waals surface area contributed by atoms with Crippen molar-refractivity contribution in [1.82, 2.24) is 15.5 Å². The van der Waals surface area contributed by atoms with Gasteiger partial charge in [-0.15, -0.1) is 0 Å². The largest absolute Gasteiger partial charge is 0.339 e. The zero-order chi connectivity index (χ0) is 14.7. The van der Waals surface area contributed by atoms with Crippen LogP contribution in [0.1, 0.15) is 24.8 Å². The highest BCUT2D eigenvalue weighted by molar-refractivity contribution is 7.07. The lowest BCUT2D eigenvalue weighted by molar-refractivity contribution is -0.128. The molecule has 3 rings (SSSR count). The quantitative estimate of drug-likeness (QED) is 0.838. The number of rotatable bonds is 6. The van der Waals surface area contributed by atoms with E-state index in [0.717, 1.165) is 25.8 Å². The van der Waals surface area contributed by atoms with E-state index in [1.54, 1.807) is 11.3 Å². The molecule has 2 fully saturated rings. The Bertz CT molecular complexity index is 499. The van der Waals surface area contributed by atoms with Crippen LogP contribution < -0.4 is 10.6 Å². The zero-order valence-corrected chi connectivity index (χ0v) is 12.8. The number of nitrogens with zero attached hydrogens (tertiary/aromatic N) is 1. The third-order valence-corrected chi connectivity index (χ3v) is 4.79. The number of thiophene rings is 1. The monoisotopic (exact) mass is 307 g/mol. The van der Waals surface area contributed by atoms with Crippen LogP contribution in [-0.2, 0) is 11.2 Å². The van der Waals surface area contributed by atoms with Gasteiger partial charge in [-0.25, -0.2) is 4.79 Å². The second-order valence-corrected chi connectivity index (χ2v) is 6.65. The van der Waals surface area contributed by atoms with E-state index in [4.69, 9.17) is 0 Å². The van der Waals surface area contributed by atoms with Crippen molar-refractivity contribution in [2.45, 2.75) is 31.7 Å². The highest BCUT2D eigenvalue weighted by Crippen LogP contribution is 2.32. The Morgan fingerprint density at radius 2 is 2.24 bits per heavy atom. The minimum absolute atomic E-state index is 0.137. The van der Waals surface area contributed by atoms with E-state index in [-0.39, 0.29) is 17.9 Å². The second-order valence-electron chi connectivity index (χ2n) is 5.87. The molecule has 0 spiro atoms. The SMILES string of the molecule is O=C(NCCc1ccsc1)NC[C@@H]1CC(=O)N(C2CC2)C1. The molecule has 2 heterocycles. The Hall–Kier alpha value is -1.56. The Balaban J connectivity index is 1.31. The van der Waals surface area contributed by atoms with E-state index < -0.39 is 0 Å². The molecule has 1 aromatic rings. The summed E-state index contributed by atoms with van der Waals surface area (Å²) in [6, 6.07) is 2.42. The molecule has 114 valence electrons. The summed E-state index contributed by atoms with van der Waals surface area (Å²) in [6.07, 6.45) is 3.73. The molecule has 21 heavy (non-hydrogen) atoms. The summed E-state index contributed by atoms with van der Waals surface area (Å²) < 4.78 is 0. The molecule has 1 aromatic heterocycles. The predicted molar refractivity (Wildman–Crippen MR) is 82.3 cm³/mol. The van der Waals surface area contributed by atoms with Gasteiger partial charge in [-0.1, -0.05) is 0 Å². The van der Waals surface area contributed by atoms with Gasteiger partial charge in [-0.2, -0.15) is 11.3 Å². The molecule has 1 saturated carbocycles. The van der Waals surface area contributed by atoms with Crippen molar-refractivity contribution in [1.29, 1.82) is 0 Å². The molecule has 3 amide bonds. The maximum absolute atomic E-state index is 11.8. The molecule has 0 unspecified atom stereocenters. The van der Waals surface area contributed by atoms with Gasteiger partial charge in [0, 0.05) is 38.0 Å². The minimum atomic E-state index is -0.137. The fraction of sp³-hybridized carbons (Fsp3) is 0.600. The van der Waals surface area contributed by atoms with Crippen molar-refractivity contribution in [3.05, 3.63) is 22.4 Å². The summed E-state index contributed by atoms with van der Waals surface area (Å²) in [5.74, 6) is 0.517. The third kappa shape index (κ3) is 3.97. The smallest absolute Gasteiger partial charge is 0.314 e. The highest BCUT2D eigenvalue weighted by atomic mass is 32.1. The number of nitrogens with one attached hydrogen (secondary N) is 2. The van der Waals surface area contributed by atoms with Gasteiger partial charge in [0.05, 0.1) is 0 Å². The van der Waals surface area contributed by atoms with Gasteiger partial charge in [0.25, 0.3) is 0 Å². The Morgan fingerprint density at radius 1 is 1.38 bits per heavy atom. The van der Waals surface area contributed by atoms with Crippen LogP contribution >= 0.6 is 11.3 Å². The third-order valence-electron chi connectivity index (χ3n) is 4.06. The van der Waals surface area contributed by atoms with Gasteiger partial charge < -0.3 is 15.5 Å². The average molecular weight is 307 g/mol. The van der Waals surface area contributed by atoms with E-state index in [1.807, 2.05) is 10.3 Å². The minimum Gasteiger partial charge on any atom is -0.339 e. The van der Waals surface area contributed by atoms with Crippen molar-refractivity contribution in [2.24, 2.45) is 5.92 Å². The summed E-state index contributed by atoms with van der Waals surface area (Å²) in [4.78, 5) is 25.5. The lowest BCUT2D eigenvalue weighted by Gasteiger charge is -2.15. The van der Waals surface area contributed by atoms with Crippen molar-refractivity contribution >= 4 is 23.3 Å². The van der Waals surface area contributed by atoms with Crippen LogP contribution in [0.2, 0.25) is 0 Å². The van der Waals surface area contributed by atoms with Crippen LogP contribution in [0.5, 0.6) is 0 Å². The summed E-state index contributed by atoms with van der Waals surface area (Å²) in [5, 5.41) is 9.87. The van der Waals surface area contributed by atoms with E-state index >= 15 is 0 Å². The second kappa shape index (κ2) is 6.47. The lowest BCUT2D eigenvalue weighted by Crippen LogP contribution is -2.39. The summed E-state index contributed by atoms with van der Waals surface area (Å²) in [7, 11) is 0. The molecule has 6 heteroatoms. The fourth-order valence-corrected chi connectivity index (χ4v) is 3.44. The Morgan fingerprint density at radius 3 is 2.95 bits per heavy atom. The first-order chi connectivity index (χ1) is 10.2. The summed E-state index contributed by atoms with van der Waals surface area (Å²) in [6.45, 7) is 2.03. The van der Waals surface area contributed by atoms with Crippen molar-refractivity contribution in [2.75, 3.05) is 19.6 Å². The summed E-state index contributed by atoms with van der Waals surface area (Å²) in [5.41, 5.74) is 1.25. The molecule has 0 aromatic carbocycles. The molecular formula is C15H21N3O2S. The molecule has 5 nitrogen and oxygen atoms in total. The molecule has 0 radical (unpaired) electrons. The van der Waals surface area contributed by atoms with Gasteiger partial charge in [-0.3, -0.25) is 4.79 Å². The molecular weight excluding hydrogens is 286 g/mol. The number of amides is 3. The number of carbonyl (C=O) groups is 2. The van der Waals surface area contributed by atoms with Gasteiger partial charge in [0.15, 0.2) is 0 Å². The topological polar surface area (TPSA) is 61.4 Å². The number of likely N-dealkylation sites (tertiary alicyclic amines) is 1. The van der Waals surface area contributed by atoms with E-state index in [9.17, 15) is 9.59 Å². The number of urea groups is 1. The molecule has 1 aliphatic carbocycles. The van der Waals surface area contributed by atoms with Crippen molar-refractivity contribution in [3.8, 4) is 0 Å². The van der Waals surface area contributed by atoms with E-state index in [0.29, 0.717) is 25.6 Å². The molecule has 0 bridgehead atoms.